The molecule has 0 saturated carbocycles. The Kier molecular flexibility index (Phi) is 4.68. The van der Waals surface area contributed by atoms with Gasteiger partial charge in [0, 0.05) is 0 Å². The van der Waals surface area contributed by atoms with Crippen molar-refractivity contribution in [3.63, 3.8) is 0 Å². The van der Waals surface area contributed by atoms with Gasteiger partial charge >= 0.3 is 0 Å². The van der Waals surface area contributed by atoms with Crippen molar-refractivity contribution >= 4 is 11.5 Å². The molecular weight excluding hydrogens is 206 g/mol. The van der Waals surface area contributed by atoms with Crippen molar-refractivity contribution in [1.29, 1.82) is 0 Å². The van der Waals surface area contributed by atoms with Crippen molar-refractivity contribution in [2.24, 2.45) is 4.99 Å². The Bertz CT molecular complexity index is 331. The van der Waals surface area contributed by atoms with Crippen LogP contribution in [0, 0.1) is 0 Å². The van der Waals surface area contributed by atoms with Crippen LogP contribution in [-0.2, 0) is 9.53 Å². The molecule has 1 unspecified atom stereocenters. The summed E-state index contributed by atoms with van der Waals surface area (Å²) in [5.74, 6) is -0.201. The highest BCUT2D eigenvalue weighted by Crippen LogP contribution is 2.19. The molecule has 0 amide bonds. The van der Waals surface area contributed by atoms with Gasteiger partial charge in [-0.05, 0) is 19.8 Å². The second kappa shape index (κ2) is 5.80. The number of aliphatic imine (C=N–C) groups is 1. The van der Waals surface area contributed by atoms with Crippen molar-refractivity contribution < 1.29 is 14.6 Å². The van der Waals surface area contributed by atoms with E-state index in [4.69, 9.17) is 4.74 Å². The summed E-state index contributed by atoms with van der Waals surface area (Å²) in [6.07, 6.45) is 2.70. The molecule has 0 saturated heterocycles. The Morgan fingerprint density at radius 3 is 2.69 bits per heavy atom. The van der Waals surface area contributed by atoms with E-state index in [0.29, 0.717) is 17.8 Å². The van der Waals surface area contributed by atoms with Gasteiger partial charge in [-0.1, -0.05) is 19.8 Å². The number of carbonyl (C=O) groups excluding carboxylic acids is 1. The lowest BCUT2D eigenvalue weighted by Gasteiger charge is -2.20. The number of rotatable bonds is 5. The quantitative estimate of drug-likeness (QED) is 0.726. The molecule has 1 heterocycles. The van der Waals surface area contributed by atoms with Crippen molar-refractivity contribution in [2.75, 3.05) is 7.11 Å². The van der Waals surface area contributed by atoms with Crippen LogP contribution in [0.25, 0.3) is 0 Å². The lowest BCUT2D eigenvalue weighted by atomic mass is 9.99. The van der Waals surface area contributed by atoms with Gasteiger partial charge < -0.3 is 9.84 Å². The van der Waals surface area contributed by atoms with Gasteiger partial charge in [0.05, 0.1) is 18.5 Å². The maximum Gasteiger partial charge on any atom is 0.233 e. The zero-order valence-electron chi connectivity index (χ0n) is 10.1. The van der Waals surface area contributed by atoms with Crippen LogP contribution in [0.5, 0.6) is 0 Å². The summed E-state index contributed by atoms with van der Waals surface area (Å²) in [7, 11) is 1.42. The van der Waals surface area contributed by atoms with Gasteiger partial charge in [-0.3, -0.25) is 9.79 Å². The molecule has 0 aromatic heterocycles. The number of hydrogen-bond acceptors (Lipinski definition) is 4. The minimum Gasteiger partial charge on any atom is -0.491 e. The summed E-state index contributed by atoms with van der Waals surface area (Å²) in [5, 5.41) is 9.76. The van der Waals surface area contributed by atoms with Crippen molar-refractivity contribution in [2.45, 2.75) is 45.6 Å². The molecule has 0 aromatic rings. The molecule has 1 aliphatic heterocycles. The molecular formula is C12H19NO3. The van der Waals surface area contributed by atoms with E-state index < -0.39 is 6.10 Å². The number of ether oxygens (including phenoxy) is 1. The van der Waals surface area contributed by atoms with E-state index >= 15 is 0 Å². The Labute approximate surface area is 96.0 Å². The average molecular weight is 225 g/mol. The first-order valence-electron chi connectivity index (χ1n) is 5.66. The van der Waals surface area contributed by atoms with Crippen LogP contribution in [0.4, 0.5) is 0 Å². The van der Waals surface area contributed by atoms with Crippen LogP contribution in [0.3, 0.4) is 0 Å². The summed E-state index contributed by atoms with van der Waals surface area (Å²) in [6.45, 7) is 3.83. The molecule has 1 atom stereocenters. The Morgan fingerprint density at radius 2 is 2.12 bits per heavy atom. The minimum absolute atomic E-state index is 0.173. The lowest BCUT2D eigenvalue weighted by Crippen LogP contribution is -2.35. The summed E-state index contributed by atoms with van der Waals surface area (Å²) in [4.78, 5) is 15.9. The standard InChI is InChI=1S/C12H19NO3/c1-4-5-6-7-9-10(14)11(15)12(16-3)8(2)13-9/h10,14H,4-7H2,1-3H3. The smallest absolute Gasteiger partial charge is 0.233 e. The molecule has 4 heteroatoms. The van der Waals surface area contributed by atoms with E-state index in [1.165, 1.54) is 7.11 Å². The lowest BCUT2D eigenvalue weighted by molar-refractivity contribution is -0.123. The van der Waals surface area contributed by atoms with Crippen LogP contribution in [0.2, 0.25) is 0 Å². The van der Waals surface area contributed by atoms with Crippen LogP contribution in [0.15, 0.2) is 16.4 Å². The monoisotopic (exact) mass is 225 g/mol. The third-order valence-electron chi connectivity index (χ3n) is 2.67. The second-order valence-electron chi connectivity index (χ2n) is 3.95. The number of methoxy groups -OCH3 is 1. The summed E-state index contributed by atoms with van der Waals surface area (Å²) in [6, 6.07) is 0. The predicted molar refractivity (Wildman–Crippen MR) is 62.3 cm³/mol. The van der Waals surface area contributed by atoms with E-state index in [1.54, 1.807) is 6.92 Å². The summed E-state index contributed by atoms with van der Waals surface area (Å²) in [5.41, 5.74) is 1.13. The summed E-state index contributed by atoms with van der Waals surface area (Å²) >= 11 is 0. The fourth-order valence-electron chi connectivity index (χ4n) is 1.78. The fraction of sp³-hybridized carbons (Fsp3) is 0.667. The molecule has 16 heavy (non-hydrogen) atoms. The SMILES string of the molecule is CCCCCC1=NC(C)=C(OC)C(=O)C1O. The number of carbonyl (C=O) groups is 1. The van der Waals surface area contributed by atoms with E-state index in [0.717, 1.165) is 19.3 Å². The average Bonchev–Trinajstić information content (AvgIpc) is 2.26. The number of nitrogens with zero attached hydrogens (tertiary/aromatic N) is 1. The third kappa shape index (κ3) is 2.70. The Balaban J connectivity index is 2.78. The van der Waals surface area contributed by atoms with Gasteiger partial charge in [0.15, 0.2) is 11.9 Å². The highest BCUT2D eigenvalue weighted by molar-refractivity contribution is 6.16. The number of aliphatic hydroxyl groups excluding tert-OH is 1. The number of allylic oxidation sites excluding steroid dienone is 1. The molecule has 1 rings (SSSR count). The topological polar surface area (TPSA) is 58.9 Å². The van der Waals surface area contributed by atoms with Crippen molar-refractivity contribution in [3.8, 4) is 0 Å². The molecule has 0 fully saturated rings. The fourth-order valence-corrected chi connectivity index (χ4v) is 1.78. The number of aliphatic hydroxyl groups is 1. The Morgan fingerprint density at radius 1 is 1.44 bits per heavy atom. The molecule has 1 N–H and O–H groups in total. The molecule has 0 aliphatic carbocycles. The van der Waals surface area contributed by atoms with Crippen molar-refractivity contribution in [3.05, 3.63) is 11.5 Å². The van der Waals surface area contributed by atoms with Gasteiger partial charge in [-0.2, -0.15) is 0 Å². The van der Waals surface area contributed by atoms with E-state index in [-0.39, 0.29) is 11.5 Å². The molecule has 0 aromatic carbocycles. The molecule has 90 valence electrons. The van der Waals surface area contributed by atoms with Gasteiger partial charge in [-0.15, -0.1) is 0 Å². The normalized spacial score (nSPS) is 21.1. The zero-order chi connectivity index (χ0) is 12.1. The highest BCUT2D eigenvalue weighted by Gasteiger charge is 2.30. The zero-order valence-corrected chi connectivity index (χ0v) is 10.1. The molecule has 0 radical (unpaired) electrons. The summed E-state index contributed by atoms with van der Waals surface area (Å²) < 4.78 is 4.92. The molecule has 1 aliphatic rings. The van der Waals surface area contributed by atoms with E-state index in [9.17, 15) is 9.90 Å². The van der Waals surface area contributed by atoms with Gasteiger partial charge in [0.2, 0.25) is 5.78 Å². The van der Waals surface area contributed by atoms with E-state index in [1.807, 2.05) is 0 Å². The van der Waals surface area contributed by atoms with Crippen LogP contribution in [0.1, 0.15) is 39.5 Å². The minimum atomic E-state index is -1.12. The molecule has 0 spiro atoms. The first-order chi connectivity index (χ1) is 7.61. The first kappa shape index (κ1) is 12.9. The maximum absolute atomic E-state index is 11.7. The van der Waals surface area contributed by atoms with Gasteiger partial charge in [-0.25, -0.2) is 0 Å². The number of Topliss-reactive ketones (excluding diaryl/α,β-unsaturated/α-hetero) is 1. The van der Waals surface area contributed by atoms with Gasteiger partial charge in [0.1, 0.15) is 0 Å². The maximum atomic E-state index is 11.7. The van der Waals surface area contributed by atoms with Crippen LogP contribution < -0.4 is 0 Å². The number of ketones is 1. The van der Waals surface area contributed by atoms with E-state index in [2.05, 4.69) is 11.9 Å². The molecule has 0 bridgehead atoms. The van der Waals surface area contributed by atoms with Crippen LogP contribution >= 0.6 is 0 Å². The van der Waals surface area contributed by atoms with Crippen molar-refractivity contribution in [1.82, 2.24) is 0 Å². The second-order valence-corrected chi connectivity index (χ2v) is 3.95. The Hall–Kier alpha value is -1.16. The molecule has 4 nitrogen and oxygen atoms in total. The third-order valence-corrected chi connectivity index (χ3v) is 2.67. The number of hydrogen-bond donors (Lipinski definition) is 1. The van der Waals surface area contributed by atoms with Crippen LogP contribution in [-0.4, -0.2) is 29.8 Å². The first-order valence-corrected chi connectivity index (χ1v) is 5.66. The highest BCUT2D eigenvalue weighted by atomic mass is 16.5. The van der Waals surface area contributed by atoms with Gasteiger partial charge in [0.25, 0.3) is 0 Å². The number of unbranched alkanes of at least 4 members (excludes halogenated alkanes) is 2. The largest absolute Gasteiger partial charge is 0.491 e. The predicted octanol–water partition coefficient (Wildman–Crippen LogP) is 1.83.